The van der Waals surface area contributed by atoms with Crippen molar-refractivity contribution in [2.75, 3.05) is 43.5 Å². The van der Waals surface area contributed by atoms with Gasteiger partial charge >= 0.3 is 6.03 Å². The molecule has 2 aromatic carbocycles. The summed E-state index contributed by atoms with van der Waals surface area (Å²) in [5, 5.41) is 3.07. The van der Waals surface area contributed by atoms with Crippen molar-refractivity contribution in [2.45, 2.75) is 45.8 Å². The van der Waals surface area contributed by atoms with Gasteiger partial charge in [-0.1, -0.05) is 25.1 Å². The lowest BCUT2D eigenvalue weighted by Gasteiger charge is -2.39. The van der Waals surface area contributed by atoms with Gasteiger partial charge in [-0.15, -0.1) is 0 Å². The summed E-state index contributed by atoms with van der Waals surface area (Å²) in [4.78, 5) is 32.0. The number of fused-ring (bicyclic) bond motifs is 1. The van der Waals surface area contributed by atoms with Crippen LogP contribution >= 0.6 is 0 Å². The Bertz CT molecular complexity index is 1010. The highest BCUT2D eigenvalue weighted by atomic mass is 16.5. The normalized spacial score (nSPS) is 18.2. The summed E-state index contributed by atoms with van der Waals surface area (Å²) in [6.45, 7) is 6.35. The summed E-state index contributed by atoms with van der Waals surface area (Å²) < 4.78 is 6.07. The zero-order chi connectivity index (χ0) is 24.2. The largest absolute Gasteiger partial charge is 0.486 e. The standard InChI is InChI=1S/C27H36N4O3/c1-5-23-18-31(24-16-19(2)6-11-25(24)34-23)27(33)30-14-12-21(13-15-30)26(32)28-17-20-7-9-22(10-8-20)29(3)4/h6-11,16,21,23H,5,12-15,17-18H2,1-4H3,(H,28,32)/t23-/m1/s1. The summed E-state index contributed by atoms with van der Waals surface area (Å²) in [7, 11) is 4.02. The Labute approximate surface area is 202 Å². The van der Waals surface area contributed by atoms with Crippen molar-refractivity contribution in [3.63, 3.8) is 0 Å². The van der Waals surface area contributed by atoms with E-state index in [4.69, 9.17) is 4.74 Å². The van der Waals surface area contributed by atoms with E-state index in [1.165, 1.54) is 0 Å². The number of benzene rings is 2. The molecule has 0 aliphatic carbocycles. The van der Waals surface area contributed by atoms with E-state index in [2.05, 4.69) is 29.3 Å². The summed E-state index contributed by atoms with van der Waals surface area (Å²) in [5.41, 5.74) is 4.16. The third-order valence-corrected chi connectivity index (χ3v) is 6.83. The maximum Gasteiger partial charge on any atom is 0.324 e. The fourth-order valence-electron chi connectivity index (χ4n) is 4.60. The first-order chi connectivity index (χ1) is 16.4. The quantitative estimate of drug-likeness (QED) is 0.721. The summed E-state index contributed by atoms with van der Waals surface area (Å²) in [6, 6.07) is 14.2. The smallest absolute Gasteiger partial charge is 0.324 e. The lowest BCUT2D eigenvalue weighted by atomic mass is 9.96. The summed E-state index contributed by atoms with van der Waals surface area (Å²) in [6.07, 6.45) is 2.20. The minimum absolute atomic E-state index is 0.00531. The zero-order valence-electron chi connectivity index (χ0n) is 20.7. The van der Waals surface area contributed by atoms with Gasteiger partial charge in [-0.05, 0) is 61.6 Å². The van der Waals surface area contributed by atoms with Crippen LogP contribution in [0, 0.1) is 12.8 Å². The van der Waals surface area contributed by atoms with Gasteiger partial charge in [-0.2, -0.15) is 0 Å². The molecule has 2 heterocycles. The van der Waals surface area contributed by atoms with Crippen LogP contribution in [-0.4, -0.2) is 56.7 Å². The molecule has 0 aromatic heterocycles. The van der Waals surface area contributed by atoms with Crippen molar-refractivity contribution < 1.29 is 14.3 Å². The molecule has 2 aromatic rings. The van der Waals surface area contributed by atoms with E-state index in [0.717, 1.165) is 34.7 Å². The third-order valence-electron chi connectivity index (χ3n) is 6.83. The fraction of sp³-hybridized carbons (Fsp3) is 0.481. The molecule has 1 atom stereocenters. The zero-order valence-corrected chi connectivity index (χ0v) is 20.7. The molecule has 0 saturated carbocycles. The number of anilines is 2. The minimum atomic E-state index is -0.0623. The van der Waals surface area contributed by atoms with Crippen LogP contribution in [0.2, 0.25) is 0 Å². The molecule has 1 fully saturated rings. The number of rotatable bonds is 5. The predicted molar refractivity (Wildman–Crippen MR) is 136 cm³/mol. The first-order valence-electron chi connectivity index (χ1n) is 12.2. The Balaban J connectivity index is 1.32. The van der Waals surface area contributed by atoms with E-state index < -0.39 is 0 Å². The first kappa shape index (κ1) is 23.9. The number of carbonyl (C=O) groups is 2. The molecule has 0 radical (unpaired) electrons. The van der Waals surface area contributed by atoms with Crippen molar-refractivity contribution in [3.8, 4) is 5.75 Å². The molecule has 0 bridgehead atoms. The van der Waals surface area contributed by atoms with Crippen LogP contribution in [-0.2, 0) is 11.3 Å². The molecule has 2 aliphatic rings. The molecule has 0 spiro atoms. The minimum Gasteiger partial charge on any atom is -0.486 e. The molecular weight excluding hydrogens is 428 g/mol. The molecule has 2 aliphatic heterocycles. The van der Waals surface area contributed by atoms with Crippen molar-refractivity contribution in [3.05, 3.63) is 53.6 Å². The lowest BCUT2D eigenvalue weighted by molar-refractivity contribution is -0.126. The number of nitrogens with one attached hydrogen (secondary N) is 1. The predicted octanol–water partition coefficient (Wildman–Crippen LogP) is 4.19. The van der Waals surface area contributed by atoms with Crippen molar-refractivity contribution in [2.24, 2.45) is 5.92 Å². The van der Waals surface area contributed by atoms with Crippen molar-refractivity contribution in [1.82, 2.24) is 10.2 Å². The Kier molecular flexibility index (Phi) is 7.29. The molecule has 182 valence electrons. The number of hydrogen-bond acceptors (Lipinski definition) is 4. The van der Waals surface area contributed by atoms with E-state index in [1.54, 1.807) is 0 Å². The number of likely N-dealkylation sites (tertiary alicyclic amines) is 1. The molecule has 7 heteroatoms. The number of urea groups is 1. The van der Waals surface area contributed by atoms with Gasteiger partial charge in [0.05, 0.1) is 12.2 Å². The molecule has 7 nitrogen and oxygen atoms in total. The number of carbonyl (C=O) groups excluding carboxylic acids is 2. The molecule has 4 rings (SSSR count). The fourth-order valence-corrected chi connectivity index (χ4v) is 4.60. The first-order valence-corrected chi connectivity index (χ1v) is 12.2. The SMILES string of the molecule is CC[C@@H]1CN(C(=O)N2CCC(C(=O)NCc3ccc(N(C)C)cc3)CC2)c2cc(C)ccc2O1. The van der Waals surface area contributed by atoms with Crippen LogP contribution < -0.4 is 19.9 Å². The number of aryl methyl sites for hydroxylation is 1. The van der Waals surface area contributed by atoms with E-state index in [9.17, 15) is 9.59 Å². The second-order valence-corrected chi connectivity index (χ2v) is 9.55. The molecule has 0 unspecified atom stereocenters. The third kappa shape index (κ3) is 5.29. The Morgan fingerprint density at radius 1 is 1.09 bits per heavy atom. The van der Waals surface area contributed by atoms with Gasteiger partial charge in [0.1, 0.15) is 11.9 Å². The van der Waals surface area contributed by atoms with Gasteiger partial charge in [0.25, 0.3) is 0 Å². The van der Waals surface area contributed by atoms with Gasteiger partial charge in [-0.3, -0.25) is 9.69 Å². The average Bonchev–Trinajstić information content (AvgIpc) is 2.86. The highest BCUT2D eigenvalue weighted by Gasteiger charge is 2.34. The second kappa shape index (κ2) is 10.4. The molecule has 3 amide bonds. The number of ether oxygens (including phenoxy) is 1. The Morgan fingerprint density at radius 2 is 1.79 bits per heavy atom. The maximum absolute atomic E-state index is 13.4. The van der Waals surface area contributed by atoms with Gasteiger partial charge < -0.3 is 19.9 Å². The monoisotopic (exact) mass is 464 g/mol. The van der Waals surface area contributed by atoms with Crippen molar-refractivity contribution in [1.29, 1.82) is 0 Å². The van der Waals surface area contributed by atoms with Crippen LogP contribution in [0.5, 0.6) is 5.75 Å². The van der Waals surface area contributed by atoms with Crippen LogP contribution in [0.15, 0.2) is 42.5 Å². The van der Waals surface area contributed by atoms with Gasteiger partial charge in [0, 0.05) is 45.3 Å². The summed E-state index contributed by atoms with van der Waals surface area (Å²) >= 11 is 0. The second-order valence-electron chi connectivity index (χ2n) is 9.55. The van der Waals surface area contributed by atoms with E-state index >= 15 is 0 Å². The number of piperidine rings is 1. The van der Waals surface area contributed by atoms with E-state index in [1.807, 2.05) is 61.2 Å². The van der Waals surface area contributed by atoms with Crippen LogP contribution in [0.1, 0.15) is 37.3 Å². The van der Waals surface area contributed by atoms with Gasteiger partial charge in [-0.25, -0.2) is 4.79 Å². The molecule has 34 heavy (non-hydrogen) atoms. The maximum atomic E-state index is 13.4. The molecule has 1 saturated heterocycles. The lowest BCUT2D eigenvalue weighted by Crippen LogP contribution is -2.52. The molecule has 1 N–H and O–H groups in total. The van der Waals surface area contributed by atoms with Crippen LogP contribution in [0.4, 0.5) is 16.2 Å². The number of amides is 3. The van der Waals surface area contributed by atoms with Gasteiger partial charge in [0.2, 0.25) is 5.91 Å². The highest BCUT2D eigenvalue weighted by molar-refractivity contribution is 5.94. The van der Waals surface area contributed by atoms with E-state index in [-0.39, 0.29) is 24.0 Å². The van der Waals surface area contributed by atoms with Crippen molar-refractivity contribution >= 4 is 23.3 Å². The van der Waals surface area contributed by atoms with E-state index in [0.29, 0.717) is 39.0 Å². The average molecular weight is 465 g/mol. The topological polar surface area (TPSA) is 65.1 Å². The number of nitrogens with zero attached hydrogens (tertiary/aromatic N) is 3. The summed E-state index contributed by atoms with van der Waals surface area (Å²) in [5.74, 6) is 0.778. The van der Waals surface area contributed by atoms with Crippen LogP contribution in [0.25, 0.3) is 0 Å². The Morgan fingerprint density at radius 3 is 2.44 bits per heavy atom. The highest BCUT2D eigenvalue weighted by Crippen LogP contribution is 2.36. The van der Waals surface area contributed by atoms with Crippen LogP contribution in [0.3, 0.4) is 0 Å². The van der Waals surface area contributed by atoms with Gasteiger partial charge in [0.15, 0.2) is 0 Å². The Hall–Kier alpha value is -3.22. The molecular formula is C27H36N4O3. The number of hydrogen-bond donors (Lipinski definition) is 1.